The van der Waals surface area contributed by atoms with Gasteiger partial charge in [0.15, 0.2) is 0 Å². The number of carbonyl (C=O) groups is 1. The van der Waals surface area contributed by atoms with Gasteiger partial charge in [0.05, 0.1) is 18.5 Å². The molecule has 0 aromatic carbocycles. The first kappa shape index (κ1) is 16.8. The molecule has 124 valence electrons. The molecule has 6 heteroatoms. The van der Waals surface area contributed by atoms with Gasteiger partial charge in [0, 0.05) is 31.5 Å². The summed E-state index contributed by atoms with van der Waals surface area (Å²) in [5, 5.41) is 2.79. The quantitative estimate of drug-likeness (QED) is 0.928. The summed E-state index contributed by atoms with van der Waals surface area (Å²) in [7, 11) is 0. The highest BCUT2D eigenvalue weighted by molar-refractivity contribution is 5.67. The highest BCUT2D eigenvalue weighted by Gasteiger charge is 2.30. The molecule has 0 aliphatic carbocycles. The number of carbonyl (C=O) groups excluding carboxylic acids is 1. The number of aromatic nitrogens is 2. The van der Waals surface area contributed by atoms with E-state index in [0.29, 0.717) is 13.2 Å². The van der Waals surface area contributed by atoms with E-state index in [-0.39, 0.29) is 11.6 Å². The van der Waals surface area contributed by atoms with Crippen LogP contribution in [-0.4, -0.2) is 41.0 Å². The molecule has 1 amide bonds. The number of nitrogens with zero attached hydrogens (tertiary/aromatic N) is 2. The van der Waals surface area contributed by atoms with Crippen LogP contribution >= 0.6 is 0 Å². The van der Waals surface area contributed by atoms with Crippen molar-refractivity contribution in [3.05, 3.63) is 18.2 Å². The molecule has 0 radical (unpaired) electrons. The summed E-state index contributed by atoms with van der Waals surface area (Å²) in [6, 6.07) is 0. The molecule has 1 saturated heterocycles. The molecule has 1 atom stereocenters. The van der Waals surface area contributed by atoms with Crippen LogP contribution in [0.2, 0.25) is 0 Å². The lowest BCUT2D eigenvalue weighted by molar-refractivity contribution is 0.00825. The first-order valence-electron chi connectivity index (χ1n) is 7.86. The molecule has 1 unspecified atom stereocenters. The molecular formula is C16H27N3O3. The summed E-state index contributed by atoms with van der Waals surface area (Å²) in [5.41, 5.74) is 0.582. The zero-order valence-corrected chi connectivity index (χ0v) is 14.0. The van der Waals surface area contributed by atoms with E-state index in [9.17, 15) is 4.79 Å². The van der Waals surface area contributed by atoms with Crippen molar-refractivity contribution in [3.8, 4) is 0 Å². The Morgan fingerprint density at radius 1 is 1.55 bits per heavy atom. The van der Waals surface area contributed by atoms with Crippen molar-refractivity contribution >= 4 is 6.09 Å². The van der Waals surface area contributed by atoms with E-state index in [0.717, 1.165) is 31.6 Å². The molecule has 1 aliphatic heterocycles. The minimum atomic E-state index is -0.473. The van der Waals surface area contributed by atoms with Gasteiger partial charge in [-0.15, -0.1) is 0 Å². The van der Waals surface area contributed by atoms with Crippen LogP contribution in [0, 0.1) is 0 Å². The number of imidazole rings is 1. The number of amides is 1. The summed E-state index contributed by atoms with van der Waals surface area (Å²) in [6.45, 7) is 9.81. The summed E-state index contributed by atoms with van der Waals surface area (Å²) in [4.78, 5) is 15.9. The standard InChI is InChI=1S/C16H27N3O3/c1-15(2,3)22-14(20)18-8-6-13-10-17-12-19(13)16(4)7-5-9-21-11-16/h10,12H,5-9,11H2,1-4H3,(H,18,20). The van der Waals surface area contributed by atoms with Gasteiger partial charge in [-0.3, -0.25) is 0 Å². The molecule has 22 heavy (non-hydrogen) atoms. The van der Waals surface area contributed by atoms with Crippen molar-refractivity contribution < 1.29 is 14.3 Å². The fourth-order valence-electron chi connectivity index (χ4n) is 2.71. The van der Waals surface area contributed by atoms with Gasteiger partial charge in [0.2, 0.25) is 0 Å². The van der Waals surface area contributed by atoms with Crippen LogP contribution in [0.4, 0.5) is 4.79 Å². The van der Waals surface area contributed by atoms with Crippen molar-refractivity contribution in [2.75, 3.05) is 19.8 Å². The molecule has 1 aromatic heterocycles. The first-order chi connectivity index (χ1) is 10.3. The van der Waals surface area contributed by atoms with Gasteiger partial charge in [-0.1, -0.05) is 0 Å². The molecule has 1 aliphatic rings. The van der Waals surface area contributed by atoms with E-state index in [2.05, 4.69) is 21.8 Å². The van der Waals surface area contributed by atoms with Crippen LogP contribution < -0.4 is 5.32 Å². The topological polar surface area (TPSA) is 65.4 Å². The van der Waals surface area contributed by atoms with Gasteiger partial charge in [0.25, 0.3) is 0 Å². The average Bonchev–Trinajstić information content (AvgIpc) is 2.86. The Kier molecular flexibility index (Phi) is 5.11. The largest absolute Gasteiger partial charge is 0.444 e. The predicted octanol–water partition coefficient (Wildman–Crippen LogP) is 2.48. The maximum absolute atomic E-state index is 11.7. The Bertz CT molecular complexity index is 499. The van der Waals surface area contributed by atoms with E-state index in [4.69, 9.17) is 9.47 Å². The minimum absolute atomic E-state index is 0.0456. The zero-order valence-electron chi connectivity index (χ0n) is 14.0. The van der Waals surface area contributed by atoms with Crippen molar-refractivity contribution in [2.45, 2.75) is 58.1 Å². The van der Waals surface area contributed by atoms with Gasteiger partial charge in [-0.25, -0.2) is 9.78 Å². The number of alkyl carbamates (subject to hydrolysis) is 1. The van der Waals surface area contributed by atoms with Crippen LogP contribution in [0.3, 0.4) is 0 Å². The van der Waals surface area contributed by atoms with Gasteiger partial charge < -0.3 is 19.4 Å². The van der Waals surface area contributed by atoms with E-state index < -0.39 is 5.60 Å². The second kappa shape index (κ2) is 6.69. The van der Waals surface area contributed by atoms with Crippen molar-refractivity contribution in [2.24, 2.45) is 0 Å². The molecule has 2 heterocycles. The second-order valence-electron chi connectivity index (χ2n) is 7.09. The Hall–Kier alpha value is -1.56. The minimum Gasteiger partial charge on any atom is -0.444 e. The monoisotopic (exact) mass is 309 g/mol. The number of ether oxygens (including phenoxy) is 2. The van der Waals surface area contributed by atoms with E-state index in [1.165, 1.54) is 0 Å². The summed E-state index contributed by atoms with van der Waals surface area (Å²) in [6.07, 6.45) is 6.19. The highest BCUT2D eigenvalue weighted by Crippen LogP contribution is 2.28. The van der Waals surface area contributed by atoms with Crippen LogP contribution in [0.1, 0.15) is 46.2 Å². The smallest absolute Gasteiger partial charge is 0.407 e. The van der Waals surface area contributed by atoms with Crippen LogP contribution in [-0.2, 0) is 21.4 Å². The highest BCUT2D eigenvalue weighted by atomic mass is 16.6. The number of rotatable bonds is 4. The van der Waals surface area contributed by atoms with E-state index >= 15 is 0 Å². The third-order valence-electron chi connectivity index (χ3n) is 3.76. The van der Waals surface area contributed by atoms with Crippen LogP contribution in [0.15, 0.2) is 12.5 Å². The number of nitrogens with one attached hydrogen (secondary N) is 1. The molecule has 1 aromatic rings. The van der Waals surface area contributed by atoms with Crippen LogP contribution in [0.25, 0.3) is 0 Å². The maximum atomic E-state index is 11.7. The molecule has 2 rings (SSSR count). The lowest BCUT2D eigenvalue weighted by atomic mass is 9.94. The summed E-state index contributed by atoms with van der Waals surface area (Å²) >= 11 is 0. The first-order valence-corrected chi connectivity index (χ1v) is 7.86. The molecule has 0 saturated carbocycles. The molecule has 1 N–H and O–H groups in total. The van der Waals surface area contributed by atoms with Gasteiger partial charge in [-0.2, -0.15) is 0 Å². The zero-order chi connectivity index (χ0) is 16.2. The Balaban J connectivity index is 1.89. The lowest BCUT2D eigenvalue weighted by Crippen LogP contribution is -2.40. The van der Waals surface area contributed by atoms with Crippen LogP contribution in [0.5, 0.6) is 0 Å². The predicted molar refractivity (Wildman–Crippen MR) is 83.9 cm³/mol. The molecule has 1 fully saturated rings. The molecule has 6 nitrogen and oxygen atoms in total. The Labute approximate surface area is 132 Å². The van der Waals surface area contributed by atoms with Crippen molar-refractivity contribution in [1.82, 2.24) is 14.9 Å². The SMILES string of the molecule is CC(C)(C)OC(=O)NCCc1cncn1C1(C)CCCOC1. The fraction of sp³-hybridized carbons (Fsp3) is 0.750. The van der Waals surface area contributed by atoms with E-state index in [1.54, 1.807) is 0 Å². The molecule has 0 bridgehead atoms. The normalized spacial score (nSPS) is 22.4. The Morgan fingerprint density at radius 3 is 2.95 bits per heavy atom. The Morgan fingerprint density at radius 2 is 2.32 bits per heavy atom. The van der Waals surface area contributed by atoms with Gasteiger partial charge in [0.1, 0.15) is 5.60 Å². The van der Waals surface area contributed by atoms with Crippen molar-refractivity contribution in [1.29, 1.82) is 0 Å². The van der Waals surface area contributed by atoms with Gasteiger partial charge in [-0.05, 0) is 40.5 Å². The van der Waals surface area contributed by atoms with E-state index in [1.807, 2.05) is 33.3 Å². The summed E-state index contributed by atoms with van der Waals surface area (Å²) < 4.78 is 13.0. The fourth-order valence-corrected chi connectivity index (χ4v) is 2.71. The average molecular weight is 309 g/mol. The molecule has 0 spiro atoms. The van der Waals surface area contributed by atoms with Gasteiger partial charge >= 0.3 is 6.09 Å². The summed E-state index contributed by atoms with van der Waals surface area (Å²) in [5.74, 6) is 0. The lowest BCUT2D eigenvalue weighted by Gasteiger charge is -2.36. The third kappa shape index (κ3) is 4.47. The number of hydrogen-bond acceptors (Lipinski definition) is 4. The third-order valence-corrected chi connectivity index (χ3v) is 3.76. The number of hydrogen-bond donors (Lipinski definition) is 1. The van der Waals surface area contributed by atoms with Crippen molar-refractivity contribution in [3.63, 3.8) is 0 Å². The second-order valence-corrected chi connectivity index (χ2v) is 7.09. The molecular weight excluding hydrogens is 282 g/mol. The maximum Gasteiger partial charge on any atom is 0.407 e.